The monoisotopic (exact) mass is 330 g/mol. The van der Waals surface area contributed by atoms with Crippen LogP contribution in [-0.4, -0.2) is 49.9 Å². The molecule has 2 heterocycles. The molecule has 7 heteroatoms. The molecule has 1 saturated heterocycles. The first-order chi connectivity index (χ1) is 10.1. The summed E-state index contributed by atoms with van der Waals surface area (Å²) in [5.41, 5.74) is 1.01. The maximum atomic E-state index is 12.9. The fourth-order valence-corrected chi connectivity index (χ4v) is 5.06. The van der Waals surface area contributed by atoms with Crippen molar-refractivity contribution in [1.29, 1.82) is 0 Å². The second-order valence-electron chi connectivity index (χ2n) is 5.08. The third-order valence-corrected chi connectivity index (χ3v) is 6.31. The third kappa shape index (κ3) is 3.92. The van der Waals surface area contributed by atoms with Gasteiger partial charge in [0.15, 0.2) is 0 Å². The highest BCUT2D eigenvalue weighted by atomic mass is 32.2. The predicted octanol–water partition coefficient (Wildman–Crippen LogP) is 2.09. The van der Waals surface area contributed by atoms with Crippen molar-refractivity contribution in [3.8, 4) is 0 Å². The number of nitrogens with zero attached hydrogens (tertiary/aromatic N) is 2. The van der Waals surface area contributed by atoms with Crippen LogP contribution in [-0.2, 0) is 21.5 Å². The van der Waals surface area contributed by atoms with Crippen molar-refractivity contribution < 1.29 is 13.2 Å². The van der Waals surface area contributed by atoms with E-state index in [4.69, 9.17) is 4.74 Å². The highest BCUT2D eigenvalue weighted by Gasteiger charge is 2.37. The summed E-state index contributed by atoms with van der Waals surface area (Å²) in [5.74, 6) is 0. The minimum absolute atomic E-state index is 0.0604. The zero-order valence-corrected chi connectivity index (χ0v) is 13.9. The van der Waals surface area contributed by atoms with Gasteiger partial charge in [0.05, 0.1) is 6.61 Å². The molecule has 1 unspecified atom stereocenters. The topological polar surface area (TPSA) is 49.9 Å². The molecule has 0 radical (unpaired) electrons. The Kier molecular flexibility index (Phi) is 5.95. The molecule has 1 aromatic rings. The van der Waals surface area contributed by atoms with E-state index in [0.29, 0.717) is 26.2 Å². The van der Waals surface area contributed by atoms with Crippen LogP contribution in [0, 0.1) is 0 Å². The van der Waals surface area contributed by atoms with Gasteiger partial charge in [-0.05, 0) is 35.2 Å². The maximum absolute atomic E-state index is 12.9. The fourth-order valence-electron chi connectivity index (χ4n) is 2.59. The van der Waals surface area contributed by atoms with Gasteiger partial charge in [0.1, 0.15) is 0 Å². The molecule has 0 aromatic carbocycles. The van der Waals surface area contributed by atoms with Crippen LogP contribution in [0.15, 0.2) is 29.5 Å². The van der Waals surface area contributed by atoms with Crippen molar-refractivity contribution in [2.24, 2.45) is 0 Å². The fraction of sp³-hybridized carbons (Fsp3) is 0.571. The Bertz CT molecular complexity index is 543. The minimum atomic E-state index is -3.49. The maximum Gasteiger partial charge on any atom is 0.282 e. The molecule has 2 rings (SSSR count). The molecule has 0 amide bonds. The van der Waals surface area contributed by atoms with Gasteiger partial charge in [0.2, 0.25) is 0 Å². The van der Waals surface area contributed by atoms with Gasteiger partial charge in [-0.1, -0.05) is 6.08 Å². The molecule has 21 heavy (non-hydrogen) atoms. The highest BCUT2D eigenvalue weighted by Crippen LogP contribution is 2.25. The van der Waals surface area contributed by atoms with Crippen molar-refractivity contribution in [2.45, 2.75) is 25.4 Å². The molecule has 0 spiro atoms. The van der Waals surface area contributed by atoms with Crippen molar-refractivity contribution in [3.05, 3.63) is 35.0 Å². The molecule has 0 bridgehead atoms. The van der Waals surface area contributed by atoms with E-state index in [-0.39, 0.29) is 6.04 Å². The third-order valence-electron chi connectivity index (χ3n) is 3.58. The molecule has 1 fully saturated rings. The smallest absolute Gasteiger partial charge is 0.282 e. The SMILES string of the molecule is C=CCN(Cc1ccsc1)S(=O)(=O)N1CCCC1COC. The molecule has 1 atom stereocenters. The molecule has 1 aliphatic rings. The largest absolute Gasteiger partial charge is 0.383 e. The number of rotatable bonds is 8. The van der Waals surface area contributed by atoms with E-state index in [1.165, 1.54) is 4.31 Å². The van der Waals surface area contributed by atoms with Crippen LogP contribution >= 0.6 is 11.3 Å². The molecular formula is C14H22N2O3S2. The molecule has 0 N–H and O–H groups in total. The van der Waals surface area contributed by atoms with Crippen molar-refractivity contribution in [3.63, 3.8) is 0 Å². The number of hydrogen-bond acceptors (Lipinski definition) is 4. The van der Waals surface area contributed by atoms with E-state index in [2.05, 4.69) is 6.58 Å². The van der Waals surface area contributed by atoms with E-state index < -0.39 is 10.2 Å². The number of methoxy groups -OCH3 is 1. The lowest BCUT2D eigenvalue weighted by atomic mass is 10.2. The quantitative estimate of drug-likeness (QED) is 0.686. The van der Waals surface area contributed by atoms with Crippen LogP contribution < -0.4 is 0 Å². The number of hydrogen-bond donors (Lipinski definition) is 0. The Balaban J connectivity index is 2.18. The van der Waals surface area contributed by atoms with Gasteiger partial charge in [-0.15, -0.1) is 6.58 Å². The van der Waals surface area contributed by atoms with Gasteiger partial charge in [0, 0.05) is 32.8 Å². The van der Waals surface area contributed by atoms with Crippen molar-refractivity contribution in [1.82, 2.24) is 8.61 Å². The Morgan fingerprint density at radius 3 is 3.05 bits per heavy atom. The first-order valence-electron chi connectivity index (χ1n) is 6.97. The van der Waals surface area contributed by atoms with Crippen LogP contribution in [0.2, 0.25) is 0 Å². The summed E-state index contributed by atoms with van der Waals surface area (Å²) in [6.45, 7) is 5.38. The summed E-state index contributed by atoms with van der Waals surface area (Å²) in [6, 6.07) is 1.89. The van der Waals surface area contributed by atoms with E-state index >= 15 is 0 Å². The zero-order chi connectivity index (χ0) is 15.3. The lowest BCUT2D eigenvalue weighted by molar-refractivity contribution is 0.146. The van der Waals surface area contributed by atoms with Crippen LogP contribution in [0.5, 0.6) is 0 Å². The summed E-state index contributed by atoms with van der Waals surface area (Å²) in [6.07, 6.45) is 3.37. The Morgan fingerprint density at radius 2 is 2.43 bits per heavy atom. The van der Waals surface area contributed by atoms with Crippen LogP contribution in [0.3, 0.4) is 0 Å². The zero-order valence-electron chi connectivity index (χ0n) is 12.3. The molecule has 1 aliphatic heterocycles. The van der Waals surface area contributed by atoms with Crippen molar-refractivity contribution >= 4 is 21.5 Å². The minimum Gasteiger partial charge on any atom is -0.383 e. The standard InChI is InChI=1S/C14H22N2O3S2/c1-3-7-15(10-13-6-9-20-12-13)21(17,18)16-8-4-5-14(16)11-19-2/h3,6,9,12,14H,1,4-5,7-8,10-11H2,2H3. The lowest BCUT2D eigenvalue weighted by Crippen LogP contribution is -2.47. The summed E-state index contributed by atoms with van der Waals surface area (Å²) < 4.78 is 34.0. The van der Waals surface area contributed by atoms with Gasteiger partial charge in [-0.25, -0.2) is 0 Å². The first kappa shape index (κ1) is 16.6. The summed E-state index contributed by atoms with van der Waals surface area (Å²) >= 11 is 1.57. The Hall–Kier alpha value is -0.730. The van der Waals surface area contributed by atoms with E-state index in [0.717, 1.165) is 18.4 Å². The Labute approximate surface area is 131 Å². The second kappa shape index (κ2) is 7.51. The first-order valence-corrected chi connectivity index (χ1v) is 9.31. The molecule has 1 aromatic heterocycles. The van der Waals surface area contributed by atoms with Gasteiger partial charge in [0.25, 0.3) is 10.2 Å². The molecule has 0 aliphatic carbocycles. The predicted molar refractivity (Wildman–Crippen MR) is 85.4 cm³/mol. The van der Waals surface area contributed by atoms with E-state index in [9.17, 15) is 8.42 Å². The van der Waals surface area contributed by atoms with Crippen LogP contribution in [0.4, 0.5) is 0 Å². The summed E-state index contributed by atoms with van der Waals surface area (Å²) in [4.78, 5) is 0. The molecule has 118 valence electrons. The van der Waals surface area contributed by atoms with Gasteiger partial charge in [-0.3, -0.25) is 0 Å². The molecular weight excluding hydrogens is 308 g/mol. The summed E-state index contributed by atoms with van der Waals surface area (Å²) in [7, 11) is -1.88. The van der Waals surface area contributed by atoms with E-state index in [1.54, 1.807) is 28.8 Å². The number of thiophene rings is 1. The lowest BCUT2D eigenvalue weighted by Gasteiger charge is -2.30. The number of ether oxygens (including phenoxy) is 1. The molecule has 0 saturated carbocycles. The van der Waals surface area contributed by atoms with Crippen LogP contribution in [0.25, 0.3) is 0 Å². The van der Waals surface area contributed by atoms with Crippen LogP contribution in [0.1, 0.15) is 18.4 Å². The average Bonchev–Trinajstić information content (AvgIpc) is 3.10. The summed E-state index contributed by atoms with van der Waals surface area (Å²) in [5, 5.41) is 3.93. The van der Waals surface area contributed by atoms with E-state index in [1.807, 2.05) is 16.8 Å². The van der Waals surface area contributed by atoms with Crippen molar-refractivity contribution in [2.75, 3.05) is 26.8 Å². The van der Waals surface area contributed by atoms with Gasteiger partial charge in [-0.2, -0.15) is 28.4 Å². The van der Waals surface area contributed by atoms with Gasteiger partial charge < -0.3 is 4.74 Å². The second-order valence-corrected chi connectivity index (χ2v) is 7.74. The highest BCUT2D eigenvalue weighted by molar-refractivity contribution is 7.86. The normalized spacial score (nSPS) is 20.2. The average molecular weight is 330 g/mol. The molecule has 5 nitrogen and oxygen atoms in total. The Morgan fingerprint density at radius 1 is 1.62 bits per heavy atom. The van der Waals surface area contributed by atoms with Gasteiger partial charge >= 0.3 is 0 Å².